The minimum atomic E-state index is -3.55. The lowest BCUT2D eigenvalue weighted by Crippen LogP contribution is -2.23. The Hall–Kier alpha value is -3.01. The second-order valence-corrected chi connectivity index (χ2v) is 10.1. The fraction of sp³-hybridized carbons (Fsp3) is 0.333. The first-order valence-electron chi connectivity index (χ1n) is 11.0. The molecule has 1 unspecified atom stereocenters. The summed E-state index contributed by atoms with van der Waals surface area (Å²) in [6.07, 6.45) is 4.93. The van der Waals surface area contributed by atoms with Gasteiger partial charge in [0.2, 0.25) is 10.0 Å². The second-order valence-electron chi connectivity index (χ2n) is 8.18. The molecule has 2 aromatic carbocycles. The van der Waals surface area contributed by atoms with Gasteiger partial charge in [0.15, 0.2) is 17.3 Å². The molecule has 3 heterocycles. The van der Waals surface area contributed by atoms with Gasteiger partial charge in [-0.1, -0.05) is 30.3 Å². The van der Waals surface area contributed by atoms with Gasteiger partial charge >= 0.3 is 0 Å². The number of nitrogens with zero attached hydrogens (tertiary/aromatic N) is 3. The Labute approximate surface area is 193 Å². The predicted octanol–water partition coefficient (Wildman–Crippen LogP) is 3.16. The molecular weight excluding hydrogens is 440 g/mol. The molecular formula is C24H26N4O4S. The zero-order chi connectivity index (χ0) is 22.8. The molecule has 172 valence electrons. The van der Waals surface area contributed by atoms with Gasteiger partial charge in [0.05, 0.1) is 12.4 Å². The van der Waals surface area contributed by atoms with E-state index in [1.54, 1.807) is 0 Å². The fourth-order valence-electron chi connectivity index (χ4n) is 4.38. The highest BCUT2D eigenvalue weighted by molar-refractivity contribution is 7.89. The molecule has 3 aromatic rings. The van der Waals surface area contributed by atoms with Gasteiger partial charge in [-0.15, -0.1) is 0 Å². The minimum Gasteiger partial charge on any atom is -0.486 e. The number of nitrogens with one attached hydrogen (secondary N) is 1. The Morgan fingerprint density at radius 3 is 2.48 bits per heavy atom. The summed E-state index contributed by atoms with van der Waals surface area (Å²) in [6, 6.07) is 14.8. The van der Waals surface area contributed by atoms with Crippen LogP contribution >= 0.6 is 0 Å². The lowest BCUT2D eigenvalue weighted by atomic mass is 10.0. The van der Waals surface area contributed by atoms with Gasteiger partial charge in [0.25, 0.3) is 0 Å². The van der Waals surface area contributed by atoms with E-state index in [9.17, 15) is 8.42 Å². The molecule has 0 spiro atoms. The molecule has 5 rings (SSSR count). The average Bonchev–Trinajstić information content (AvgIpc) is 3.32. The van der Waals surface area contributed by atoms with Crippen molar-refractivity contribution >= 4 is 10.0 Å². The number of ether oxygens (including phenoxy) is 2. The van der Waals surface area contributed by atoms with Crippen LogP contribution in [0.4, 0.5) is 0 Å². The van der Waals surface area contributed by atoms with Crippen LogP contribution in [0.1, 0.15) is 30.0 Å². The molecule has 1 fully saturated rings. The van der Waals surface area contributed by atoms with Crippen LogP contribution in [0, 0.1) is 0 Å². The maximum atomic E-state index is 11.8. The van der Waals surface area contributed by atoms with Gasteiger partial charge in [-0.3, -0.25) is 4.90 Å². The van der Waals surface area contributed by atoms with Crippen LogP contribution in [-0.4, -0.2) is 50.1 Å². The van der Waals surface area contributed by atoms with Crippen LogP contribution in [0.15, 0.2) is 59.8 Å². The topological polar surface area (TPSA) is 93.7 Å². The van der Waals surface area contributed by atoms with Gasteiger partial charge in [0.1, 0.15) is 18.1 Å². The van der Waals surface area contributed by atoms with E-state index in [1.807, 2.05) is 18.2 Å². The van der Waals surface area contributed by atoms with Gasteiger partial charge in [-0.25, -0.2) is 23.1 Å². The van der Waals surface area contributed by atoms with Gasteiger partial charge < -0.3 is 9.47 Å². The first-order valence-corrected chi connectivity index (χ1v) is 12.5. The molecule has 33 heavy (non-hydrogen) atoms. The minimum absolute atomic E-state index is 0.0459. The van der Waals surface area contributed by atoms with Crippen LogP contribution in [0.25, 0.3) is 11.4 Å². The molecule has 0 bridgehead atoms. The lowest BCUT2D eigenvalue weighted by Gasteiger charge is -2.26. The SMILES string of the molecule is CNS(=O)(=O)c1cnc(-c2ccc(CN3CCCC3c3ccc4c(c3)OCCO4)cc2)nc1. The zero-order valence-electron chi connectivity index (χ0n) is 18.4. The summed E-state index contributed by atoms with van der Waals surface area (Å²) in [5.41, 5.74) is 3.31. The van der Waals surface area contributed by atoms with Crippen molar-refractivity contribution in [1.82, 2.24) is 19.6 Å². The van der Waals surface area contributed by atoms with E-state index >= 15 is 0 Å². The monoisotopic (exact) mass is 466 g/mol. The van der Waals surface area contributed by atoms with Gasteiger partial charge in [0, 0.05) is 18.2 Å². The number of hydrogen-bond donors (Lipinski definition) is 1. The number of aromatic nitrogens is 2. The van der Waals surface area contributed by atoms with Crippen LogP contribution in [-0.2, 0) is 16.6 Å². The van der Waals surface area contributed by atoms with Crippen molar-refractivity contribution in [2.45, 2.75) is 30.3 Å². The number of hydrogen-bond acceptors (Lipinski definition) is 7. The third-order valence-corrected chi connectivity index (χ3v) is 7.49. The highest BCUT2D eigenvalue weighted by atomic mass is 32.2. The van der Waals surface area contributed by atoms with Crippen molar-refractivity contribution in [3.05, 3.63) is 66.0 Å². The number of benzene rings is 2. The summed E-state index contributed by atoms with van der Waals surface area (Å²) < 4.78 is 37.4. The zero-order valence-corrected chi connectivity index (χ0v) is 19.2. The quantitative estimate of drug-likeness (QED) is 0.596. The van der Waals surface area contributed by atoms with E-state index < -0.39 is 10.0 Å². The Bertz CT molecular complexity index is 1230. The smallest absolute Gasteiger partial charge is 0.243 e. The summed E-state index contributed by atoms with van der Waals surface area (Å²) >= 11 is 0. The van der Waals surface area contributed by atoms with Crippen LogP contribution < -0.4 is 14.2 Å². The molecule has 1 saturated heterocycles. The Morgan fingerprint density at radius 2 is 1.76 bits per heavy atom. The molecule has 1 atom stereocenters. The highest BCUT2D eigenvalue weighted by Gasteiger charge is 2.27. The highest BCUT2D eigenvalue weighted by Crippen LogP contribution is 2.38. The van der Waals surface area contributed by atoms with Crippen molar-refractivity contribution in [2.75, 3.05) is 26.8 Å². The molecule has 2 aliphatic heterocycles. The Kier molecular flexibility index (Phi) is 6.01. The second kappa shape index (κ2) is 9.09. The molecule has 2 aliphatic rings. The summed E-state index contributed by atoms with van der Waals surface area (Å²) in [7, 11) is -2.18. The molecule has 0 saturated carbocycles. The summed E-state index contributed by atoms with van der Waals surface area (Å²) in [4.78, 5) is 11.0. The van der Waals surface area contributed by atoms with Gasteiger partial charge in [-0.05, 0) is 49.7 Å². The molecule has 1 N–H and O–H groups in total. The van der Waals surface area contributed by atoms with E-state index in [2.05, 4.69) is 43.9 Å². The lowest BCUT2D eigenvalue weighted by molar-refractivity contribution is 0.170. The van der Waals surface area contributed by atoms with E-state index in [0.29, 0.717) is 25.1 Å². The molecule has 8 nitrogen and oxygen atoms in total. The largest absolute Gasteiger partial charge is 0.486 e. The maximum Gasteiger partial charge on any atom is 0.243 e. The summed E-state index contributed by atoms with van der Waals surface area (Å²) in [6.45, 7) is 3.09. The van der Waals surface area contributed by atoms with Crippen LogP contribution in [0.5, 0.6) is 11.5 Å². The molecule has 9 heteroatoms. The normalized spacial score (nSPS) is 18.4. The average molecular weight is 467 g/mol. The maximum absolute atomic E-state index is 11.8. The first-order chi connectivity index (χ1) is 16.0. The fourth-order valence-corrected chi connectivity index (χ4v) is 4.99. The van der Waals surface area contributed by atoms with Gasteiger partial charge in [-0.2, -0.15) is 0 Å². The molecule has 0 aliphatic carbocycles. The van der Waals surface area contributed by atoms with Crippen LogP contribution in [0.3, 0.4) is 0 Å². The van der Waals surface area contributed by atoms with E-state index in [-0.39, 0.29) is 4.90 Å². The Morgan fingerprint density at radius 1 is 1.03 bits per heavy atom. The van der Waals surface area contributed by atoms with E-state index in [4.69, 9.17) is 9.47 Å². The molecule has 1 aromatic heterocycles. The first kappa shape index (κ1) is 21.8. The third-order valence-electron chi connectivity index (χ3n) is 6.12. The molecule has 0 amide bonds. The predicted molar refractivity (Wildman–Crippen MR) is 124 cm³/mol. The number of fused-ring (bicyclic) bond motifs is 1. The van der Waals surface area contributed by atoms with Crippen molar-refractivity contribution in [3.8, 4) is 22.9 Å². The standard InChI is InChI=1S/C24H26N4O4S/c1-25-33(29,30)20-14-26-24(27-15-20)18-6-4-17(5-7-18)16-28-10-2-3-21(28)19-8-9-22-23(13-19)32-12-11-31-22/h4-9,13-15,21,25H,2-3,10-12,16H2,1H3. The summed E-state index contributed by atoms with van der Waals surface area (Å²) in [5.74, 6) is 2.15. The van der Waals surface area contributed by atoms with Crippen LogP contribution in [0.2, 0.25) is 0 Å². The van der Waals surface area contributed by atoms with Crippen molar-refractivity contribution in [2.24, 2.45) is 0 Å². The van der Waals surface area contributed by atoms with Crippen molar-refractivity contribution in [1.29, 1.82) is 0 Å². The van der Waals surface area contributed by atoms with Crippen molar-refractivity contribution in [3.63, 3.8) is 0 Å². The third kappa shape index (κ3) is 4.57. The van der Waals surface area contributed by atoms with E-state index in [1.165, 1.54) is 30.6 Å². The van der Waals surface area contributed by atoms with Crippen molar-refractivity contribution < 1.29 is 17.9 Å². The number of likely N-dealkylation sites (tertiary alicyclic amines) is 1. The molecule has 0 radical (unpaired) electrons. The summed E-state index contributed by atoms with van der Waals surface area (Å²) in [5, 5.41) is 0. The van der Waals surface area contributed by atoms with E-state index in [0.717, 1.165) is 43.0 Å². The number of rotatable bonds is 6. The number of sulfonamides is 1. The Balaban J connectivity index is 1.29.